The summed E-state index contributed by atoms with van der Waals surface area (Å²) in [6.45, 7) is 10.0. The number of rotatable bonds is 12. The van der Waals surface area contributed by atoms with Crippen LogP contribution in [0.1, 0.15) is 73.1 Å². The van der Waals surface area contributed by atoms with Gasteiger partial charge in [-0.05, 0) is 32.6 Å². The highest BCUT2D eigenvalue weighted by molar-refractivity contribution is 5.88. The van der Waals surface area contributed by atoms with Crippen LogP contribution in [0.5, 0.6) is 0 Å². The fraction of sp³-hybridized carbons (Fsp3) is 0.842. The molecule has 5 heteroatoms. The van der Waals surface area contributed by atoms with Gasteiger partial charge in [-0.1, -0.05) is 46.5 Å². The molecule has 0 bridgehead atoms. The Bertz CT molecular complexity index is 428. The lowest BCUT2D eigenvalue weighted by Crippen LogP contribution is -2.44. The summed E-state index contributed by atoms with van der Waals surface area (Å²) in [5, 5.41) is 9.87. The van der Waals surface area contributed by atoms with Crippen molar-refractivity contribution >= 4 is 11.9 Å². The Kier molecular flexibility index (Phi) is 11.1. The largest absolute Gasteiger partial charge is 0.466 e. The van der Waals surface area contributed by atoms with Crippen molar-refractivity contribution in [3.05, 3.63) is 0 Å². The van der Waals surface area contributed by atoms with Crippen molar-refractivity contribution in [2.24, 2.45) is 17.3 Å². The van der Waals surface area contributed by atoms with Gasteiger partial charge in [-0.25, -0.2) is 0 Å². The smallest absolute Gasteiger partial charge is 0.327 e. The number of ether oxygens (including phenoxy) is 2. The maximum atomic E-state index is 12.6. The molecule has 0 saturated carbocycles. The minimum Gasteiger partial charge on any atom is -0.466 e. The number of carbonyl (C=O) groups excluding carboxylic acids is 2. The monoisotopic (exact) mass is 339 g/mol. The molecule has 0 saturated heterocycles. The SMILES string of the molecule is CCCCCC(C#N)(C(=O)OCC)C(CCC(C)C)C(=O)OCC. The molecule has 0 aliphatic heterocycles. The van der Waals surface area contributed by atoms with Gasteiger partial charge in [0.05, 0.1) is 25.2 Å². The van der Waals surface area contributed by atoms with E-state index >= 15 is 0 Å². The van der Waals surface area contributed by atoms with Crippen LogP contribution >= 0.6 is 0 Å². The average molecular weight is 339 g/mol. The summed E-state index contributed by atoms with van der Waals surface area (Å²) in [5.74, 6) is -1.47. The maximum Gasteiger partial charge on any atom is 0.327 e. The van der Waals surface area contributed by atoms with Gasteiger partial charge in [-0.2, -0.15) is 5.26 Å². The first kappa shape index (κ1) is 22.4. The number of unbranched alkanes of at least 4 members (excludes halogenated alkanes) is 2. The Morgan fingerprint density at radius 2 is 1.67 bits per heavy atom. The molecule has 0 aromatic heterocycles. The van der Waals surface area contributed by atoms with Crippen molar-refractivity contribution in [1.82, 2.24) is 0 Å². The number of carbonyl (C=O) groups is 2. The first-order valence-corrected chi connectivity index (χ1v) is 9.14. The summed E-state index contributed by atoms with van der Waals surface area (Å²) < 4.78 is 10.4. The number of esters is 2. The second-order valence-electron chi connectivity index (χ2n) is 6.54. The molecule has 0 radical (unpaired) electrons. The number of nitrogens with zero attached hydrogens (tertiary/aromatic N) is 1. The highest BCUT2D eigenvalue weighted by Crippen LogP contribution is 2.39. The Morgan fingerprint density at radius 3 is 2.12 bits per heavy atom. The standard InChI is InChI=1S/C19H33NO4/c1-6-9-10-13-19(14-20,18(22)24-8-3)16(12-11-15(4)5)17(21)23-7-2/h15-16H,6-13H2,1-5H3. The zero-order valence-corrected chi connectivity index (χ0v) is 15.9. The average Bonchev–Trinajstić information content (AvgIpc) is 2.53. The second-order valence-corrected chi connectivity index (χ2v) is 6.54. The molecule has 0 aromatic carbocycles. The molecule has 138 valence electrons. The fourth-order valence-corrected chi connectivity index (χ4v) is 2.82. The minimum atomic E-state index is -1.45. The van der Waals surface area contributed by atoms with Crippen LogP contribution in [0.3, 0.4) is 0 Å². The molecular weight excluding hydrogens is 306 g/mol. The predicted molar refractivity (Wildman–Crippen MR) is 93.0 cm³/mol. The maximum absolute atomic E-state index is 12.6. The van der Waals surface area contributed by atoms with Gasteiger partial charge in [0.25, 0.3) is 0 Å². The first-order chi connectivity index (χ1) is 11.4. The third kappa shape index (κ3) is 6.51. The lowest BCUT2D eigenvalue weighted by molar-refractivity contribution is -0.166. The Labute approximate surface area is 146 Å². The van der Waals surface area contributed by atoms with Gasteiger partial charge in [0.1, 0.15) is 0 Å². The molecule has 0 aliphatic carbocycles. The van der Waals surface area contributed by atoms with E-state index in [1.54, 1.807) is 13.8 Å². The van der Waals surface area contributed by atoms with Crippen molar-refractivity contribution in [2.45, 2.75) is 73.1 Å². The van der Waals surface area contributed by atoms with E-state index in [-0.39, 0.29) is 13.2 Å². The molecule has 2 atom stereocenters. The quantitative estimate of drug-likeness (QED) is 0.392. The summed E-state index contributed by atoms with van der Waals surface area (Å²) in [6.07, 6.45) is 4.12. The van der Waals surface area contributed by atoms with Crippen LogP contribution in [-0.2, 0) is 19.1 Å². The summed E-state index contributed by atoms with van der Waals surface area (Å²) >= 11 is 0. The van der Waals surface area contributed by atoms with Crippen molar-refractivity contribution in [1.29, 1.82) is 5.26 Å². The van der Waals surface area contributed by atoms with E-state index < -0.39 is 23.3 Å². The first-order valence-electron chi connectivity index (χ1n) is 9.14. The summed E-state index contributed by atoms with van der Waals surface area (Å²) in [4.78, 5) is 25.2. The molecule has 0 spiro atoms. The zero-order chi connectivity index (χ0) is 18.6. The molecule has 24 heavy (non-hydrogen) atoms. The lowest BCUT2D eigenvalue weighted by atomic mass is 9.70. The molecule has 0 rings (SSSR count). The summed E-state index contributed by atoms with van der Waals surface area (Å²) in [6, 6.07) is 2.15. The molecule has 0 aliphatic rings. The van der Waals surface area contributed by atoms with Crippen LogP contribution in [0.4, 0.5) is 0 Å². The van der Waals surface area contributed by atoms with Crippen LogP contribution in [-0.4, -0.2) is 25.2 Å². The normalized spacial score (nSPS) is 14.5. The summed E-state index contributed by atoms with van der Waals surface area (Å²) in [5.41, 5.74) is -1.45. The molecule has 0 heterocycles. The van der Waals surface area contributed by atoms with Gasteiger partial charge in [0, 0.05) is 0 Å². The van der Waals surface area contributed by atoms with Crippen molar-refractivity contribution < 1.29 is 19.1 Å². The molecule has 0 N–H and O–H groups in total. The molecule has 0 amide bonds. The fourth-order valence-electron chi connectivity index (χ4n) is 2.82. The Hall–Kier alpha value is -1.57. The van der Waals surface area contributed by atoms with Crippen molar-refractivity contribution in [3.8, 4) is 6.07 Å². The van der Waals surface area contributed by atoms with Crippen molar-refractivity contribution in [2.75, 3.05) is 13.2 Å². The van der Waals surface area contributed by atoms with Crippen LogP contribution in [0, 0.1) is 28.6 Å². The van der Waals surface area contributed by atoms with Crippen LogP contribution in [0.2, 0.25) is 0 Å². The highest BCUT2D eigenvalue weighted by atomic mass is 16.5. The van der Waals surface area contributed by atoms with Gasteiger partial charge in [-0.3, -0.25) is 9.59 Å². The van der Waals surface area contributed by atoms with Crippen LogP contribution < -0.4 is 0 Å². The third-order valence-corrected chi connectivity index (χ3v) is 4.21. The van der Waals surface area contributed by atoms with E-state index in [1.807, 2.05) is 0 Å². The van der Waals surface area contributed by atoms with Gasteiger partial charge >= 0.3 is 11.9 Å². The van der Waals surface area contributed by atoms with Crippen molar-refractivity contribution in [3.63, 3.8) is 0 Å². The van der Waals surface area contributed by atoms with E-state index in [2.05, 4.69) is 26.8 Å². The lowest BCUT2D eigenvalue weighted by Gasteiger charge is -2.32. The third-order valence-electron chi connectivity index (χ3n) is 4.21. The van der Waals surface area contributed by atoms with Crippen LogP contribution in [0.15, 0.2) is 0 Å². The van der Waals surface area contributed by atoms with E-state index in [0.717, 1.165) is 19.3 Å². The number of nitriles is 1. The van der Waals surface area contributed by atoms with Gasteiger partial charge < -0.3 is 9.47 Å². The van der Waals surface area contributed by atoms with Crippen LogP contribution in [0.25, 0.3) is 0 Å². The molecule has 5 nitrogen and oxygen atoms in total. The minimum absolute atomic E-state index is 0.190. The molecule has 2 unspecified atom stereocenters. The molecular formula is C19H33NO4. The second kappa shape index (κ2) is 11.9. The molecule has 0 aromatic rings. The molecule has 0 fully saturated rings. The van der Waals surface area contributed by atoms with E-state index in [4.69, 9.17) is 9.47 Å². The number of hydrogen-bond donors (Lipinski definition) is 0. The van der Waals surface area contributed by atoms with Gasteiger partial charge in [0.2, 0.25) is 0 Å². The predicted octanol–water partition coefficient (Wildman–Crippen LogP) is 4.26. The highest BCUT2D eigenvalue weighted by Gasteiger charge is 2.51. The topological polar surface area (TPSA) is 76.4 Å². The number of hydrogen-bond acceptors (Lipinski definition) is 5. The van der Waals surface area contributed by atoms with E-state index in [1.165, 1.54) is 0 Å². The van der Waals surface area contributed by atoms with Gasteiger partial charge in [-0.15, -0.1) is 0 Å². The van der Waals surface area contributed by atoms with Gasteiger partial charge in [0.15, 0.2) is 5.41 Å². The Balaban J connectivity index is 5.69. The summed E-state index contributed by atoms with van der Waals surface area (Å²) in [7, 11) is 0. The Morgan fingerprint density at radius 1 is 1.04 bits per heavy atom. The van der Waals surface area contributed by atoms with E-state index in [0.29, 0.717) is 25.2 Å². The zero-order valence-electron chi connectivity index (χ0n) is 15.9. The van der Waals surface area contributed by atoms with E-state index in [9.17, 15) is 14.9 Å².